The molecule has 0 saturated heterocycles. The lowest BCUT2D eigenvalue weighted by Gasteiger charge is -2.20. The number of hydrogen-bond acceptors (Lipinski definition) is 3. The number of carbonyl (C=O) groups excluding carboxylic acids is 1. The predicted octanol–water partition coefficient (Wildman–Crippen LogP) is 4.78. The van der Waals surface area contributed by atoms with Gasteiger partial charge in [0.05, 0.1) is 18.8 Å². The van der Waals surface area contributed by atoms with Crippen molar-refractivity contribution in [2.24, 2.45) is 0 Å². The van der Waals surface area contributed by atoms with Crippen molar-refractivity contribution in [1.29, 1.82) is 0 Å². The number of urea groups is 1. The van der Waals surface area contributed by atoms with E-state index in [1.807, 2.05) is 0 Å². The summed E-state index contributed by atoms with van der Waals surface area (Å²) in [5.41, 5.74) is 0.720. The molecule has 0 aliphatic heterocycles. The largest absolute Gasteiger partial charge is 0.394 e. The molecule has 0 bridgehead atoms. The SMILES string of the molecule is CCCCCCCCCCCCNC(=O)NC(CO)C(O)C=Cc1ccc(F)cc1. The fourth-order valence-corrected chi connectivity index (χ4v) is 3.19. The van der Waals surface area contributed by atoms with E-state index in [-0.39, 0.29) is 12.4 Å². The third-order valence-corrected chi connectivity index (χ3v) is 5.10. The number of aliphatic hydroxyl groups is 2. The zero-order valence-corrected chi connectivity index (χ0v) is 18.3. The van der Waals surface area contributed by atoms with Crippen LogP contribution in [0.5, 0.6) is 0 Å². The van der Waals surface area contributed by atoms with Crippen LogP contribution in [0.25, 0.3) is 6.08 Å². The van der Waals surface area contributed by atoms with Crippen molar-refractivity contribution in [1.82, 2.24) is 10.6 Å². The van der Waals surface area contributed by atoms with Crippen molar-refractivity contribution in [3.63, 3.8) is 0 Å². The first-order valence-corrected chi connectivity index (χ1v) is 11.3. The van der Waals surface area contributed by atoms with Gasteiger partial charge in [0.2, 0.25) is 0 Å². The number of benzene rings is 1. The average Bonchev–Trinajstić information content (AvgIpc) is 2.75. The summed E-state index contributed by atoms with van der Waals surface area (Å²) in [5, 5.41) is 25.0. The smallest absolute Gasteiger partial charge is 0.315 e. The van der Waals surface area contributed by atoms with Crippen LogP contribution in [-0.2, 0) is 0 Å². The number of hydrogen-bond donors (Lipinski definition) is 4. The lowest BCUT2D eigenvalue weighted by atomic mass is 10.1. The summed E-state index contributed by atoms with van der Waals surface area (Å²) in [4.78, 5) is 12.0. The number of rotatable bonds is 16. The Bertz CT molecular complexity index is 593. The maximum absolute atomic E-state index is 12.9. The highest BCUT2D eigenvalue weighted by molar-refractivity contribution is 5.74. The molecule has 6 heteroatoms. The monoisotopic (exact) mass is 422 g/mol. The highest BCUT2D eigenvalue weighted by Gasteiger charge is 2.18. The van der Waals surface area contributed by atoms with Crippen LogP contribution in [0.15, 0.2) is 30.3 Å². The molecule has 0 saturated carbocycles. The second-order valence-corrected chi connectivity index (χ2v) is 7.77. The summed E-state index contributed by atoms with van der Waals surface area (Å²) in [6, 6.07) is 4.61. The van der Waals surface area contributed by atoms with Gasteiger partial charge in [0.25, 0.3) is 0 Å². The molecule has 1 rings (SSSR count). The number of unbranched alkanes of at least 4 members (excludes halogenated alkanes) is 9. The highest BCUT2D eigenvalue weighted by atomic mass is 19.1. The second-order valence-electron chi connectivity index (χ2n) is 7.77. The quantitative estimate of drug-likeness (QED) is 0.289. The molecule has 2 amide bonds. The zero-order chi connectivity index (χ0) is 22.0. The minimum atomic E-state index is -1.05. The minimum absolute atomic E-state index is 0.332. The Kier molecular flexibility index (Phi) is 14.7. The number of halogens is 1. The fraction of sp³-hybridized carbons (Fsp3) is 0.625. The van der Waals surface area contributed by atoms with Crippen LogP contribution in [-0.4, -0.2) is 41.5 Å². The summed E-state index contributed by atoms with van der Waals surface area (Å²) < 4.78 is 12.9. The number of aliphatic hydroxyl groups excluding tert-OH is 2. The fourth-order valence-electron chi connectivity index (χ4n) is 3.19. The van der Waals surface area contributed by atoms with Gasteiger partial charge in [0, 0.05) is 6.54 Å². The molecule has 2 atom stereocenters. The molecule has 1 aromatic carbocycles. The molecule has 0 aliphatic carbocycles. The van der Waals surface area contributed by atoms with Crippen LogP contribution < -0.4 is 10.6 Å². The standard InChI is InChI=1S/C24H39FN2O3/c1-2-3-4-5-6-7-8-9-10-11-18-26-24(30)27-22(19-28)23(29)17-14-20-12-15-21(25)16-13-20/h12-17,22-23,28-29H,2-11,18-19H2,1H3,(H2,26,27,30). The Morgan fingerprint density at radius 2 is 1.57 bits per heavy atom. The molecule has 0 fully saturated rings. The Balaban J connectivity index is 2.14. The van der Waals surface area contributed by atoms with Crippen LogP contribution in [0, 0.1) is 5.82 Å². The van der Waals surface area contributed by atoms with Crippen LogP contribution in [0.1, 0.15) is 76.7 Å². The molecule has 0 heterocycles. The van der Waals surface area contributed by atoms with E-state index >= 15 is 0 Å². The van der Waals surface area contributed by atoms with E-state index in [9.17, 15) is 19.4 Å². The molecule has 0 aromatic heterocycles. The number of carbonyl (C=O) groups is 1. The molecule has 1 aromatic rings. The number of nitrogens with one attached hydrogen (secondary N) is 2. The molecule has 4 N–H and O–H groups in total. The van der Waals surface area contributed by atoms with E-state index in [1.165, 1.54) is 69.6 Å². The summed E-state index contributed by atoms with van der Waals surface area (Å²) in [5.74, 6) is -0.332. The predicted molar refractivity (Wildman–Crippen MR) is 121 cm³/mol. The Morgan fingerprint density at radius 3 is 2.13 bits per heavy atom. The highest BCUT2D eigenvalue weighted by Crippen LogP contribution is 2.10. The van der Waals surface area contributed by atoms with Crippen LogP contribution in [0.4, 0.5) is 9.18 Å². The van der Waals surface area contributed by atoms with Gasteiger partial charge in [-0.05, 0) is 24.1 Å². The first kappa shape index (κ1) is 26.1. The van der Waals surface area contributed by atoms with Crippen LogP contribution in [0.3, 0.4) is 0 Å². The molecule has 5 nitrogen and oxygen atoms in total. The van der Waals surface area contributed by atoms with Crippen molar-refractivity contribution in [2.45, 2.75) is 83.3 Å². The zero-order valence-electron chi connectivity index (χ0n) is 18.3. The van der Waals surface area contributed by atoms with E-state index in [0.29, 0.717) is 6.54 Å². The van der Waals surface area contributed by atoms with Gasteiger partial charge < -0.3 is 20.8 Å². The number of amides is 2. The maximum Gasteiger partial charge on any atom is 0.315 e. The van der Waals surface area contributed by atoms with Crippen molar-refractivity contribution < 1.29 is 19.4 Å². The van der Waals surface area contributed by atoms with Gasteiger partial charge >= 0.3 is 6.03 Å². The first-order valence-electron chi connectivity index (χ1n) is 11.3. The van der Waals surface area contributed by atoms with E-state index < -0.39 is 18.2 Å². The van der Waals surface area contributed by atoms with Gasteiger partial charge in [-0.15, -0.1) is 0 Å². The van der Waals surface area contributed by atoms with E-state index in [1.54, 1.807) is 18.2 Å². The molecule has 0 radical (unpaired) electrons. The Morgan fingerprint density at radius 1 is 1.00 bits per heavy atom. The Hall–Kier alpha value is -1.92. The van der Waals surface area contributed by atoms with Gasteiger partial charge in [0.15, 0.2) is 0 Å². The average molecular weight is 423 g/mol. The van der Waals surface area contributed by atoms with Gasteiger partial charge in [-0.2, -0.15) is 0 Å². The molecule has 170 valence electrons. The summed E-state index contributed by atoms with van der Waals surface area (Å²) >= 11 is 0. The maximum atomic E-state index is 12.9. The molecular weight excluding hydrogens is 383 g/mol. The summed E-state index contributed by atoms with van der Waals surface area (Å²) in [7, 11) is 0. The van der Waals surface area contributed by atoms with Crippen molar-refractivity contribution in [3.05, 3.63) is 41.7 Å². The third kappa shape index (κ3) is 12.6. The van der Waals surface area contributed by atoms with Gasteiger partial charge in [-0.3, -0.25) is 0 Å². The van der Waals surface area contributed by atoms with Gasteiger partial charge in [-0.25, -0.2) is 9.18 Å². The van der Waals surface area contributed by atoms with Crippen molar-refractivity contribution in [2.75, 3.05) is 13.2 Å². The van der Waals surface area contributed by atoms with Crippen LogP contribution >= 0.6 is 0 Å². The van der Waals surface area contributed by atoms with Crippen molar-refractivity contribution >= 4 is 12.1 Å². The molecular formula is C24H39FN2O3. The van der Waals surface area contributed by atoms with Crippen molar-refractivity contribution in [3.8, 4) is 0 Å². The van der Waals surface area contributed by atoms with E-state index in [4.69, 9.17) is 0 Å². The molecule has 0 aliphatic rings. The summed E-state index contributed by atoms with van der Waals surface area (Å²) in [6.45, 7) is 2.41. The Labute approximate surface area is 180 Å². The van der Waals surface area contributed by atoms with Gasteiger partial charge in [0.1, 0.15) is 5.82 Å². The lowest BCUT2D eigenvalue weighted by molar-refractivity contribution is 0.126. The minimum Gasteiger partial charge on any atom is -0.394 e. The van der Waals surface area contributed by atoms with E-state index in [0.717, 1.165) is 18.4 Å². The molecule has 0 spiro atoms. The van der Waals surface area contributed by atoms with E-state index in [2.05, 4.69) is 17.6 Å². The molecule has 30 heavy (non-hydrogen) atoms. The van der Waals surface area contributed by atoms with Crippen LogP contribution in [0.2, 0.25) is 0 Å². The third-order valence-electron chi connectivity index (χ3n) is 5.10. The van der Waals surface area contributed by atoms with Gasteiger partial charge in [-0.1, -0.05) is 89.0 Å². The normalized spacial score (nSPS) is 13.3. The lowest BCUT2D eigenvalue weighted by Crippen LogP contribution is -2.49. The topological polar surface area (TPSA) is 81.6 Å². The summed E-state index contributed by atoms with van der Waals surface area (Å²) in [6.07, 6.45) is 14.4. The first-order chi connectivity index (χ1) is 14.6. The molecule has 2 unspecified atom stereocenters. The second kappa shape index (κ2) is 16.8.